The summed E-state index contributed by atoms with van der Waals surface area (Å²) >= 11 is 0. The van der Waals surface area contributed by atoms with Crippen molar-refractivity contribution in [1.82, 2.24) is 15.5 Å². The van der Waals surface area contributed by atoms with E-state index in [0.717, 1.165) is 25.3 Å². The summed E-state index contributed by atoms with van der Waals surface area (Å²) in [4.78, 5) is 8.43. The quantitative estimate of drug-likeness (QED) is 0.589. The van der Waals surface area contributed by atoms with Gasteiger partial charge < -0.3 is 15.6 Å². The highest BCUT2D eigenvalue weighted by atomic mass is 16.5. The van der Waals surface area contributed by atoms with Crippen LogP contribution in [0.5, 0.6) is 0 Å². The fraction of sp³-hybridized carbons (Fsp3) is 0.727. The fourth-order valence-electron chi connectivity index (χ4n) is 1.35. The summed E-state index contributed by atoms with van der Waals surface area (Å²) in [5.74, 6) is 2.79. The first-order chi connectivity index (χ1) is 8.15. The molecule has 1 saturated carbocycles. The Morgan fingerprint density at radius 1 is 1.59 bits per heavy atom. The van der Waals surface area contributed by atoms with Gasteiger partial charge in [0, 0.05) is 12.5 Å². The summed E-state index contributed by atoms with van der Waals surface area (Å²) < 4.78 is 5.13. The van der Waals surface area contributed by atoms with Gasteiger partial charge in [-0.2, -0.15) is 4.98 Å². The number of aliphatic imine (C=N–C) groups is 1. The van der Waals surface area contributed by atoms with Crippen LogP contribution in [0.2, 0.25) is 0 Å². The molecule has 6 nitrogen and oxygen atoms in total. The number of hydrogen-bond donors (Lipinski definition) is 2. The van der Waals surface area contributed by atoms with E-state index in [4.69, 9.17) is 10.3 Å². The van der Waals surface area contributed by atoms with E-state index in [0.29, 0.717) is 30.2 Å². The van der Waals surface area contributed by atoms with Gasteiger partial charge in [-0.05, 0) is 18.8 Å². The number of aromatic nitrogens is 2. The molecule has 6 heteroatoms. The number of hydrogen-bond acceptors (Lipinski definition) is 4. The van der Waals surface area contributed by atoms with Crippen molar-refractivity contribution < 1.29 is 4.52 Å². The van der Waals surface area contributed by atoms with Gasteiger partial charge in [-0.15, -0.1) is 0 Å². The third kappa shape index (κ3) is 3.72. The zero-order valence-corrected chi connectivity index (χ0v) is 10.3. The minimum absolute atomic E-state index is 0.368. The minimum Gasteiger partial charge on any atom is -0.370 e. The van der Waals surface area contributed by atoms with E-state index >= 15 is 0 Å². The van der Waals surface area contributed by atoms with Crippen LogP contribution in [0.3, 0.4) is 0 Å². The second-order valence-electron chi connectivity index (χ2n) is 4.80. The van der Waals surface area contributed by atoms with Crippen LogP contribution < -0.4 is 11.1 Å². The molecule has 0 aromatic carbocycles. The Morgan fingerprint density at radius 2 is 2.35 bits per heavy atom. The number of guanidine groups is 1. The predicted molar refractivity (Wildman–Crippen MR) is 64.4 cm³/mol. The fourth-order valence-corrected chi connectivity index (χ4v) is 1.35. The van der Waals surface area contributed by atoms with Crippen LogP contribution >= 0.6 is 0 Å². The Morgan fingerprint density at radius 3 is 3.00 bits per heavy atom. The maximum Gasteiger partial charge on any atom is 0.229 e. The average molecular weight is 237 g/mol. The number of nitrogens with two attached hydrogens (primary N) is 1. The molecule has 0 radical (unpaired) electrons. The molecular formula is C11H19N5O. The van der Waals surface area contributed by atoms with E-state index < -0.39 is 0 Å². The maximum atomic E-state index is 5.70. The Balaban J connectivity index is 1.80. The summed E-state index contributed by atoms with van der Waals surface area (Å²) in [6.07, 6.45) is 2.31. The number of nitrogens with zero attached hydrogens (tertiary/aromatic N) is 3. The topological polar surface area (TPSA) is 89.3 Å². The molecule has 3 N–H and O–H groups in total. The third-order valence-electron chi connectivity index (χ3n) is 2.49. The molecule has 1 aliphatic rings. The largest absolute Gasteiger partial charge is 0.370 e. The molecule has 0 amide bonds. The Labute approximate surface area is 101 Å². The summed E-state index contributed by atoms with van der Waals surface area (Å²) in [5, 5.41) is 6.90. The zero-order valence-electron chi connectivity index (χ0n) is 10.3. The molecule has 1 aromatic rings. The van der Waals surface area contributed by atoms with Gasteiger partial charge in [0.2, 0.25) is 5.89 Å². The lowest BCUT2D eigenvalue weighted by atomic mass is 10.2. The van der Waals surface area contributed by atoms with Gasteiger partial charge in [-0.1, -0.05) is 19.0 Å². The summed E-state index contributed by atoms with van der Waals surface area (Å²) in [6, 6.07) is 0. The first-order valence-corrected chi connectivity index (χ1v) is 6.01. The normalized spacial score (nSPS) is 16.5. The Bertz CT molecular complexity index is 394. The lowest BCUT2D eigenvalue weighted by Gasteiger charge is -2.06. The standard InChI is InChI=1S/C11H19N5O/c1-7(2)5-13-11(12)14-6-9-15-10(17-16-9)8-3-4-8/h7-8H,3-6H2,1-2H3,(H3,12,13,14). The SMILES string of the molecule is CC(C)CNC(N)=NCc1noc(C2CC2)n1. The van der Waals surface area contributed by atoms with Crippen molar-refractivity contribution >= 4 is 5.96 Å². The summed E-state index contributed by atoms with van der Waals surface area (Å²) in [7, 11) is 0. The van der Waals surface area contributed by atoms with Crippen molar-refractivity contribution in [3.63, 3.8) is 0 Å². The molecule has 0 saturated heterocycles. The minimum atomic E-state index is 0.368. The Hall–Kier alpha value is -1.59. The van der Waals surface area contributed by atoms with Gasteiger partial charge in [0.15, 0.2) is 11.8 Å². The first kappa shape index (κ1) is 11.9. The highest BCUT2D eigenvalue weighted by molar-refractivity contribution is 5.77. The van der Waals surface area contributed by atoms with Gasteiger partial charge in [0.1, 0.15) is 6.54 Å². The smallest absolute Gasteiger partial charge is 0.229 e. The van der Waals surface area contributed by atoms with Crippen molar-refractivity contribution in [3.8, 4) is 0 Å². The van der Waals surface area contributed by atoms with Crippen LogP contribution in [-0.4, -0.2) is 22.6 Å². The maximum absolute atomic E-state index is 5.70. The molecule has 1 heterocycles. The van der Waals surface area contributed by atoms with Crippen LogP contribution in [-0.2, 0) is 6.54 Å². The second kappa shape index (κ2) is 5.16. The second-order valence-corrected chi connectivity index (χ2v) is 4.80. The van der Waals surface area contributed by atoms with E-state index in [1.165, 1.54) is 0 Å². The molecule has 0 bridgehead atoms. The third-order valence-corrected chi connectivity index (χ3v) is 2.49. The van der Waals surface area contributed by atoms with Gasteiger partial charge in [-0.3, -0.25) is 0 Å². The Kier molecular flexibility index (Phi) is 3.61. The molecule has 1 aliphatic carbocycles. The van der Waals surface area contributed by atoms with Crippen LogP contribution in [0.15, 0.2) is 9.52 Å². The van der Waals surface area contributed by atoms with Crippen molar-refractivity contribution in [3.05, 3.63) is 11.7 Å². The number of rotatable bonds is 5. The lowest BCUT2D eigenvalue weighted by molar-refractivity contribution is 0.374. The van der Waals surface area contributed by atoms with Gasteiger partial charge in [0.25, 0.3) is 0 Å². The van der Waals surface area contributed by atoms with Gasteiger partial charge >= 0.3 is 0 Å². The summed E-state index contributed by atoms with van der Waals surface area (Å²) in [6.45, 7) is 5.41. The van der Waals surface area contributed by atoms with E-state index in [9.17, 15) is 0 Å². The molecule has 17 heavy (non-hydrogen) atoms. The van der Waals surface area contributed by atoms with Crippen LogP contribution in [0.1, 0.15) is 44.3 Å². The highest BCUT2D eigenvalue weighted by Gasteiger charge is 2.29. The van der Waals surface area contributed by atoms with Crippen LogP contribution in [0, 0.1) is 5.92 Å². The first-order valence-electron chi connectivity index (χ1n) is 6.01. The van der Waals surface area contributed by atoms with Crippen molar-refractivity contribution in [2.45, 2.75) is 39.2 Å². The van der Waals surface area contributed by atoms with Crippen LogP contribution in [0.25, 0.3) is 0 Å². The molecule has 94 valence electrons. The van der Waals surface area contributed by atoms with Crippen LogP contribution in [0.4, 0.5) is 0 Å². The highest BCUT2D eigenvalue weighted by Crippen LogP contribution is 2.38. The molecule has 0 unspecified atom stereocenters. The number of nitrogens with one attached hydrogen (secondary N) is 1. The zero-order chi connectivity index (χ0) is 12.3. The monoisotopic (exact) mass is 237 g/mol. The van der Waals surface area contributed by atoms with E-state index in [1.54, 1.807) is 0 Å². The molecule has 1 aromatic heterocycles. The van der Waals surface area contributed by atoms with Crippen molar-refractivity contribution in [2.24, 2.45) is 16.6 Å². The lowest BCUT2D eigenvalue weighted by Crippen LogP contribution is -2.34. The molecule has 0 aliphatic heterocycles. The van der Waals surface area contributed by atoms with Crippen molar-refractivity contribution in [2.75, 3.05) is 6.54 Å². The van der Waals surface area contributed by atoms with E-state index in [2.05, 4.69) is 34.3 Å². The van der Waals surface area contributed by atoms with E-state index in [-0.39, 0.29) is 0 Å². The molecule has 0 atom stereocenters. The average Bonchev–Trinajstić information content (AvgIpc) is 3.04. The molecule has 2 rings (SSSR count). The van der Waals surface area contributed by atoms with E-state index in [1.807, 2.05) is 0 Å². The van der Waals surface area contributed by atoms with Gasteiger partial charge in [-0.25, -0.2) is 4.99 Å². The summed E-state index contributed by atoms with van der Waals surface area (Å²) in [5.41, 5.74) is 5.70. The van der Waals surface area contributed by atoms with Crippen molar-refractivity contribution in [1.29, 1.82) is 0 Å². The molecule has 0 spiro atoms. The molecule has 1 fully saturated rings. The van der Waals surface area contributed by atoms with Gasteiger partial charge in [0.05, 0.1) is 0 Å². The predicted octanol–water partition coefficient (Wildman–Crippen LogP) is 1.01. The molecular weight excluding hydrogens is 218 g/mol.